The molecule has 4 nitrogen and oxygen atoms in total. The van der Waals surface area contributed by atoms with Crippen molar-refractivity contribution in [2.24, 2.45) is 5.73 Å². The molecule has 0 radical (unpaired) electrons. The lowest BCUT2D eigenvalue weighted by atomic mass is 10.1. The Kier molecular flexibility index (Phi) is 2.91. The largest absolute Gasteiger partial charge is 0.339 e. The van der Waals surface area contributed by atoms with E-state index in [-0.39, 0.29) is 24.4 Å². The number of rotatable bonds is 3. The molecule has 84 valence electrons. The average Bonchev–Trinajstić information content (AvgIpc) is 2.73. The van der Waals surface area contributed by atoms with E-state index in [1.165, 1.54) is 12.1 Å². The second-order valence-electron chi connectivity index (χ2n) is 3.20. The molecule has 0 aliphatic carbocycles. The van der Waals surface area contributed by atoms with Crippen LogP contribution in [0.3, 0.4) is 0 Å². The highest BCUT2D eigenvalue weighted by molar-refractivity contribution is 5.21. The van der Waals surface area contributed by atoms with Gasteiger partial charge in [0.05, 0.1) is 13.0 Å². The van der Waals surface area contributed by atoms with E-state index in [1.807, 2.05) is 0 Å². The highest BCUT2D eigenvalue weighted by atomic mass is 19.2. The molecule has 0 amide bonds. The van der Waals surface area contributed by atoms with Gasteiger partial charge in [-0.1, -0.05) is 17.3 Å². The predicted molar refractivity (Wildman–Crippen MR) is 51.4 cm³/mol. The number of hydrogen-bond donors (Lipinski definition) is 1. The van der Waals surface area contributed by atoms with E-state index in [0.29, 0.717) is 5.82 Å². The van der Waals surface area contributed by atoms with Gasteiger partial charge < -0.3 is 10.3 Å². The van der Waals surface area contributed by atoms with Crippen LogP contribution in [0.4, 0.5) is 8.78 Å². The lowest BCUT2D eigenvalue weighted by Gasteiger charge is -1.99. The molecule has 1 aromatic heterocycles. The Morgan fingerprint density at radius 1 is 1.31 bits per heavy atom. The minimum Gasteiger partial charge on any atom is -0.339 e. The maximum absolute atomic E-state index is 13.3. The molecule has 2 rings (SSSR count). The Morgan fingerprint density at radius 3 is 2.81 bits per heavy atom. The van der Waals surface area contributed by atoms with Gasteiger partial charge in [-0.3, -0.25) is 0 Å². The van der Waals surface area contributed by atoms with Crippen molar-refractivity contribution in [3.63, 3.8) is 0 Å². The molecule has 0 atom stereocenters. The second-order valence-corrected chi connectivity index (χ2v) is 3.20. The number of nitrogens with zero attached hydrogens (tertiary/aromatic N) is 2. The van der Waals surface area contributed by atoms with Gasteiger partial charge >= 0.3 is 0 Å². The van der Waals surface area contributed by atoms with Crippen LogP contribution in [0.5, 0.6) is 0 Å². The fourth-order valence-corrected chi connectivity index (χ4v) is 1.29. The molecule has 0 saturated carbocycles. The average molecular weight is 225 g/mol. The van der Waals surface area contributed by atoms with Crippen LogP contribution in [0.15, 0.2) is 22.7 Å². The summed E-state index contributed by atoms with van der Waals surface area (Å²) in [5.41, 5.74) is 5.46. The second kappa shape index (κ2) is 4.36. The van der Waals surface area contributed by atoms with Gasteiger partial charge in [0.2, 0.25) is 5.89 Å². The van der Waals surface area contributed by atoms with Crippen molar-refractivity contribution in [2.75, 3.05) is 0 Å². The molecule has 0 spiro atoms. The number of aromatic nitrogens is 2. The van der Waals surface area contributed by atoms with E-state index >= 15 is 0 Å². The Balaban J connectivity index is 2.23. The molecule has 1 aromatic carbocycles. The van der Waals surface area contributed by atoms with E-state index in [4.69, 9.17) is 10.3 Å². The number of halogens is 2. The first-order valence-electron chi connectivity index (χ1n) is 4.65. The molecule has 0 unspecified atom stereocenters. The summed E-state index contributed by atoms with van der Waals surface area (Å²) in [6.07, 6.45) is 0.0522. The van der Waals surface area contributed by atoms with Crippen LogP contribution < -0.4 is 5.73 Å². The maximum Gasteiger partial charge on any atom is 0.231 e. The van der Waals surface area contributed by atoms with Crippen molar-refractivity contribution < 1.29 is 13.3 Å². The first-order valence-corrected chi connectivity index (χ1v) is 4.65. The van der Waals surface area contributed by atoms with Crippen LogP contribution in [0, 0.1) is 11.6 Å². The third-order valence-electron chi connectivity index (χ3n) is 2.07. The molecule has 0 fully saturated rings. The SMILES string of the molecule is NCc1noc(Cc2cccc(F)c2F)n1. The zero-order valence-corrected chi connectivity index (χ0v) is 8.28. The third kappa shape index (κ3) is 2.06. The first-order chi connectivity index (χ1) is 7.70. The molecule has 0 saturated heterocycles. The van der Waals surface area contributed by atoms with Crippen LogP contribution in [-0.2, 0) is 13.0 Å². The van der Waals surface area contributed by atoms with Gasteiger partial charge in [0.15, 0.2) is 17.5 Å². The van der Waals surface area contributed by atoms with Gasteiger partial charge in [-0.25, -0.2) is 8.78 Å². The molecule has 16 heavy (non-hydrogen) atoms. The van der Waals surface area contributed by atoms with Crippen LogP contribution in [0.2, 0.25) is 0 Å². The first kappa shape index (κ1) is 10.7. The topological polar surface area (TPSA) is 64.9 Å². The third-order valence-corrected chi connectivity index (χ3v) is 2.07. The van der Waals surface area contributed by atoms with Crippen molar-refractivity contribution >= 4 is 0 Å². The van der Waals surface area contributed by atoms with Gasteiger partial charge in [0, 0.05) is 5.56 Å². The monoisotopic (exact) mass is 225 g/mol. The molecule has 6 heteroatoms. The fourth-order valence-electron chi connectivity index (χ4n) is 1.29. The van der Waals surface area contributed by atoms with E-state index in [1.54, 1.807) is 0 Å². The van der Waals surface area contributed by atoms with Gasteiger partial charge in [-0.2, -0.15) is 4.98 Å². The molecule has 2 aromatic rings. The highest BCUT2D eigenvalue weighted by Gasteiger charge is 2.12. The molecule has 0 bridgehead atoms. The quantitative estimate of drug-likeness (QED) is 0.857. The number of hydrogen-bond acceptors (Lipinski definition) is 4. The summed E-state index contributed by atoms with van der Waals surface area (Å²) < 4.78 is 31.0. The smallest absolute Gasteiger partial charge is 0.231 e. The van der Waals surface area contributed by atoms with Crippen LogP contribution in [-0.4, -0.2) is 10.1 Å². The predicted octanol–water partition coefficient (Wildman–Crippen LogP) is 1.40. The molecule has 0 aliphatic rings. The zero-order valence-electron chi connectivity index (χ0n) is 8.28. The van der Waals surface area contributed by atoms with Crippen molar-refractivity contribution in [2.45, 2.75) is 13.0 Å². The van der Waals surface area contributed by atoms with Crippen molar-refractivity contribution in [3.05, 3.63) is 47.1 Å². The summed E-state index contributed by atoms with van der Waals surface area (Å²) in [5, 5.41) is 3.56. The number of nitrogens with two attached hydrogens (primary N) is 1. The lowest BCUT2D eigenvalue weighted by molar-refractivity contribution is 0.377. The fraction of sp³-hybridized carbons (Fsp3) is 0.200. The summed E-state index contributed by atoms with van der Waals surface area (Å²) in [7, 11) is 0. The standard InChI is InChI=1S/C10H9F2N3O/c11-7-3-1-2-6(10(7)12)4-9-14-8(5-13)15-16-9/h1-3H,4-5,13H2. The van der Waals surface area contributed by atoms with E-state index in [2.05, 4.69) is 10.1 Å². The summed E-state index contributed by atoms with van der Waals surface area (Å²) >= 11 is 0. The normalized spacial score (nSPS) is 10.7. The molecule has 2 N–H and O–H groups in total. The van der Waals surface area contributed by atoms with E-state index in [0.717, 1.165) is 6.07 Å². The van der Waals surface area contributed by atoms with Gasteiger partial charge in [-0.05, 0) is 6.07 Å². The van der Waals surface area contributed by atoms with Gasteiger partial charge in [-0.15, -0.1) is 0 Å². The summed E-state index contributed by atoms with van der Waals surface area (Å²) in [4.78, 5) is 3.90. The van der Waals surface area contributed by atoms with Crippen molar-refractivity contribution in [1.29, 1.82) is 0 Å². The Labute approximate surface area is 90.1 Å². The Hall–Kier alpha value is -1.82. The Bertz CT molecular complexity index is 499. The minimum absolute atomic E-state index is 0.0522. The van der Waals surface area contributed by atoms with Gasteiger partial charge in [0.25, 0.3) is 0 Å². The lowest BCUT2D eigenvalue weighted by Crippen LogP contribution is -1.99. The summed E-state index contributed by atoms with van der Waals surface area (Å²) in [5.74, 6) is -1.23. The van der Waals surface area contributed by atoms with E-state index in [9.17, 15) is 8.78 Å². The van der Waals surface area contributed by atoms with Crippen LogP contribution in [0.1, 0.15) is 17.3 Å². The molecular formula is C10H9F2N3O. The van der Waals surface area contributed by atoms with Crippen LogP contribution >= 0.6 is 0 Å². The minimum atomic E-state index is -0.894. The molecule has 0 aliphatic heterocycles. The zero-order chi connectivity index (χ0) is 11.5. The molecule has 1 heterocycles. The summed E-state index contributed by atoms with van der Waals surface area (Å²) in [6.45, 7) is 0.148. The van der Waals surface area contributed by atoms with E-state index < -0.39 is 11.6 Å². The highest BCUT2D eigenvalue weighted by Crippen LogP contribution is 2.14. The van der Waals surface area contributed by atoms with Gasteiger partial charge in [0.1, 0.15) is 0 Å². The van der Waals surface area contributed by atoms with Crippen molar-refractivity contribution in [1.82, 2.24) is 10.1 Å². The maximum atomic E-state index is 13.3. The molecular weight excluding hydrogens is 216 g/mol. The van der Waals surface area contributed by atoms with Crippen molar-refractivity contribution in [3.8, 4) is 0 Å². The van der Waals surface area contributed by atoms with Crippen LogP contribution in [0.25, 0.3) is 0 Å². The number of benzene rings is 1. The Morgan fingerprint density at radius 2 is 2.12 bits per heavy atom. The summed E-state index contributed by atoms with van der Waals surface area (Å²) in [6, 6.07) is 3.94.